The number of fused-ring (bicyclic) bond motifs is 1. The summed E-state index contributed by atoms with van der Waals surface area (Å²) in [6, 6.07) is 2.72. The first-order valence-corrected chi connectivity index (χ1v) is 4.99. The molecule has 1 unspecified atom stereocenters. The molecular weight excluding hydrogens is 230 g/mol. The molecule has 14 heavy (non-hydrogen) atoms. The molecule has 1 atom stereocenters. The van der Waals surface area contributed by atoms with Crippen LogP contribution in [0.4, 0.5) is 0 Å². The second-order valence-corrected chi connectivity index (χ2v) is 3.92. The van der Waals surface area contributed by atoms with Crippen molar-refractivity contribution in [1.29, 1.82) is 0 Å². The highest BCUT2D eigenvalue weighted by Gasteiger charge is 2.12. The number of nitrogens with one attached hydrogen (secondary N) is 1. The predicted octanol–water partition coefficient (Wildman–Crippen LogP) is 1.36. The van der Waals surface area contributed by atoms with Gasteiger partial charge in [0.05, 0.1) is 5.52 Å². The van der Waals surface area contributed by atoms with Crippen LogP contribution in [0.15, 0.2) is 26.2 Å². The maximum atomic E-state index is 10.9. The molecule has 2 N–H and O–H groups in total. The Morgan fingerprint density at radius 3 is 2.86 bits per heavy atom. The minimum atomic E-state index is -2.24. The molecule has 0 saturated carbocycles. The van der Waals surface area contributed by atoms with Crippen molar-refractivity contribution in [3.05, 3.63) is 27.7 Å². The van der Waals surface area contributed by atoms with Crippen LogP contribution in [0.25, 0.3) is 11.1 Å². The monoisotopic (exact) mass is 233 g/mol. The number of benzene rings is 1. The molecule has 0 bridgehead atoms. The average molecular weight is 234 g/mol. The molecule has 0 aliphatic heterocycles. The number of aromatic amines is 1. The number of hydrogen-bond donors (Lipinski definition) is 2. The lowest BCUT2D eigenvalue weighted by molar-refractivity contribution is 0.539. The Labute approximate surface area is 85.0 Å². The van der Waals surface area contributed by atoms with Gasteiger partial charge in [-0.15, -0.1) is 0 Å². The van der Waals surface area contributed by atoms with Crippen molar-refractivity contribution in [2.24, 2.45) is 0 Å². The van der Waals surface area contributed by atoms with Crippen molar-refractivity contribution in [2.75, 3.05) is 0 Å². The van der Waals surface area contributed by atoms with Crippen molar-refractivity contribution < 1.29 is 13.2 Å². The van der Waals surface area contributed by atoms with Gasteiger partial charge in [-0.05, 0) is 12.1 Å². The van der Waals surface area contributed by atoms with Crippen LogP contribution in [0, 0.1) is 0 Å². The topological polar surface area (TPSA) is 83.3 Å². The number of H-pyrrole nitrogens is 1. The van der Waals surface area contributed by atoms with Gasteiger partial charge in [0.1, 0.15) is 4.90 Å². The standard InChI is InChI=1S/C7H4ClNO4S/c8-3-1-4-6(13-7(10)9-4)5(2-3)14(11)12/h1-2H,(H,9,10)(H,11,12). The first-order chi connectivity index (χ1) is 6.58. The minimum absolute atomic E-state index is 0.0224. The van der Waals surface area contributed by atoms with E-state index in [9.17, 15) is 9.00 Å². The maximum absolute atomic E-state index is 10.9. The second kappa shape index (κ2) is 3.23. The van der Waals surface area contributed by atoms with Gasteiger partial charge in [0.25, 0.3) is 0 Å². The van der Waals surface area contributed by atoms with Crippen molar-refractivity contribution in [1.82, 2.24) is 4.98 Å². The van der Waals surface area contributed by atoms with Gasteiger partial charge in [0.15, 0.2) is 16.7 Å². The molecule has 5 nitrogen and oxygen atoms in total. The highest BCUT2D eigenvalue weighted by Crippen LogP contribution is 2.23. The normalized spacial score (nSPS) is 13.3. The third-order valence-corrected chi connectivity index (χ3v) is 2.54. The molecule has 0 aliphatic rings. The zero-order valence-electron chi connectivity index (χ0n) is 6.61. The van der Waals surface area contributed by atoms with Gasteiger partial charge in [-0.1, -0.05) is 11.6 Å². The van der Waals surface area contributed by atoms with Gasteiger partial charge in [-0.3, -0.25) is 4.98 Å². The van der Waals surface area contributed by atoms with E-state index in [0.717, 1.165) is 0 Å². The molecule has 0 saturated heterocycles. The Hall–Kier alpha value is -1.11. The van der Waals surface area contributed by atoms with Crippen LogP contribution in [0.1, 0.15) is 0 Å². The van der Waals surface area contributed by atoms with Gasteiger partial charge < -0.3 is 8.97 Å². The number of oxazole rings is 1. The second-order valence-electron chi connectivity index (χ2n) is 2.54. The first-order valence-electron chi connectivity index (χ1n) is 3.51. The molecular formula is C7H4ClNO4S. The Morgan fingerprint density at radius 2 is 2.21 bits per heavy atom. The molecule has 2 aromatic rings. The molecule has 0 aliphatic carbocycles. The Kier molecular flexibility index (Phi) is 2.18. The van der Waals surface area contributed by atoms with Gasteiger partial charge in [-0.25, -0.2) is 9.00 Å². The summed E-state index contributed by atoms with van der Waals surface area (Å²) in [6.45, 7) is 0. The maximum Gasteiger partial charge on any atom is 0.417 e. The van der Waals surface area contributed by atoms with E-state index < -0.39 is 16.8 Å². The van der Waals surface area contributed by atoms with E-state index in [0.29, 0.717) is 5.52 Å². The molecule has 1 aromatic carbocycles. The fourth-order valence-corrected chi connectivity index (χ4v) is 1.95. The molecule has 0 amide bonds. The minimum Gasteiger partial charge on any atom is -0.406 e. The molecule has 1 heterocycles. The molecule has 0 spiro atoms. The van der Waals surface area contributed by atoms with E-state index in [1.165, 1.54) is 12.1 Å². The van der Waals surface area contributed by atoms with E-state index in [2.05, 4.69) is 4.98 Å². The summed E-state index contributed by atoms with van der Waals surface area (Å²) in [6.07, 6.45) is 0. The van der Waals surface area contributed by atoms with Gasteiger partial charge in [0.2, 0.25) is 0 Å². The van der Waals surface area contributed by atoms with Crippen molar-refractivity contribution in [3.8, 4) is 0 Å². The quantitative estimate of drug-likeness (QED) is 0.729. The van der Waals surface area contributed by atoms with Crippen LogP contribution in [-0.4, -0.2) is 13.7 Å². The lowest BCUT2D eigenvalue weighted by Gasteiger charge is -1.96. The first kappa shape index (κ1) is 9.45. The number of aromatic nitrogens is 1. The van der Waals surface area contributed by atoms with E-state index in [4.69, 9.17) is 20.6 Å². The molecule has 0 fully saturated rings. The zero-order valence-corrected chi connectivity index (χ0v) is 8.19. The van der Waals surface area contributed by atoms with Crippen LogP contribution >= 0.6 is 11.6 Å². The molecule has 7 heteroatoms. The van der Waals surface area contributed by atoms with Crippen molar-refractivity contribution >= 4 is 33.8 Å². The SMILES string of the molecule is O=c1[nH]c2cc(Cl)cc(S(=O)O)c2o1. The number of hydrogen-bond acceptors (Lipinski definition) is 3. The molecule has 74 valence electrons. The zero-order chi connectivity index (χ0) is 10.3. The third kappa shape index (κ3) is 1.47. The Bertz CT molecular complexity index is 573. The van der Waals surface area contributed by atoms with Crippen molar-refractivity contribution in [3.63, 3.8) is 0 Å². The molecule has 0 radical (unpaired) electrons. The summed E-state index contributed by atoms with van der Waals surface area (Å²) in [7, 11) is 0. The van der Waals surface area contributed by atoms with E-state index in [1.54, 1.807) is 0 Å². The third-order valence-electron chi connectivity index (χ3n) is 1.64. The van der Waals surface area contributed by atoms with E-state index >= 15 is 0 Å². The van der Waals surface area contributed by atoms with Gasteiger partial charge in [-0.2, -0.15) is 0 Å². The van der Waals surface area contributed by atoms with E-state index in [-0.39, 0.29) is 15.5 Å². The summed E-state index contributed by atoms with van der Waals surface area (Å²) in [5.41, 5.74) is 0.361. The van der Waals surface area contributed by atoms with Crippen LogP contribution in [0.5, 0.6) is 0 Å². The van der Waals surface area contributed by atoms with Crippen LogP contribution in [0.2, 0.25) is 5.02 Å². The van der Waals surface area contributed by atoms with Gasteiger partial charge >= 0.3 is 5.76 Å². The van der Waals surface area contributed by atoms with E-state index in [1.807, 2.05) is 0 Å². The fraction of sp³-hybridized carbons (Fsp3) is 0. The largest absolute Gasteiger partial charge is 0.417 e. The Morgan fingerprint density at radius 1 is 1.50 bits per heavy atom. The van der Waals surface area contributed by atoms with Crippen LogP contribution in [-0.2, 0) is 11.1 Å². The molecule has 1 aromatic heterocycles. The summed E-state index contributed by atoms with van der Waals surface area (Å²) >= 11 is 3.43. The molecule has 2 rings (SSSR count). The summed E-state index contributed by atoms with van der Waals surface area (Å²) < 4.78 is 24.4. The predicted molar refractivity (Wildman–Crippen MR) is 50.9 cm³/mol. The van der Waals surface area contributed by atoms with Crippen molar-refractivity contribution in [2.45, 2.75) is 4.90 Å². The summed E-state index contributed by atoms with van der Waals surface area (Å²) in [5.74, 6) is -0.686. The van der Waals surface area contributed by atoms with Gasteiger partial charge in [0, 0.05) is 5.02 Å². The fourth-order valence-electron chi connectivity index (χ4n) is 1.12. The Balaban J connectivity index is 2.92. The lowest BCUT2D eigenvalue weighted by Crippen LogP contribution is -1.92. The number of rotatable bonds is 1. The highest BCUT2D eigenvalue weighted by atomic mass is 35.5. The van der Waals surface area contributed by atoms with Crippen LogP contribution in [0.3, 0.4) is 0 Å². The summed E-state index contributed by atoms with van der Waals surface area (Å²) in [5, 5.41) is 0.256. The number of halogens is 1. The lowest BCUT2D eigenvalue weighted by atomic mass is 10.3. The summed E-state index contributed by atoms with van der Waals surface area (Å²) in [4.78, 5) is 13.1. The average Bonchev–Trinajstić information content (AvgIpc) is 2.42. The smallest absolute Gasteiger partial charge is 0.406 e. The van der Waals surface area contributed by atoms with Crippen LogP contribution < -0.4 is 5.76 Å². The highest BCUT2D eigenvalue weighted by molar-refractivity contribution is 7.79.